The number of hydrazone groups is 1. The fraction of sp³-hybridized carbons (Fsp3) is 0.0417. The van der Waals surface area contributed by atoms with Crippen LogP contribution in [0.15, 0.2) is 84.5 Å². The summed E-state index contributed by atoms with van der Waals surface area (Å²) < 4.78 is 0. The fourth-order valence-electron chi connectivity index (χ4n) is 2.83. The van der Waals surface area contributed by atoms with Gasteiger partial charge >= 0.3 is 0 Å². The summed E-state index contributed by atoms with van der Waals surface area (Å²) in [6.45, 7) is 3.66. The third kappa shape index (κ3) is 5.81. The van der Waals surface area contributed by atoms with Crippen LogP contribution in [0.4, 0.5) is 5.69 Å². The van der Waals surface area contributed by atoms with Gasteiger partial charge in [0.15, 0.2) is 0 Å². The Morgan fingerprint density at radius 2 is 1.71 bits per heavy atom. The van der Waals surface area contributed by atoms with Gasteiger partial charge in [-0.3, -0.25) is 9.59 Å². The largest absolute Gasteiger partial charge is 0.507 e. The highest BCUT2D eigenvalue weighted by Gasteiger charge is 2.10. The van der Waals surface area contributed by atoms with E-state index in [-0.39, 0.29) is 11.7 Å². The molecule has 2 amide bonds. The van der Waals surface area contributed by atoms with Crippen molar-refractivity contribution in [3.8, 4) is 5.75 Å². The molecule has 0 aromatic heterocycles. The molecule has 0 radical (unpaired) electrons. The molecule has 0 aliphatic rings. The van der Waals surface area contributed by atoms with Gasteiger partial charge in [-0.05, 0) is 54.4 Å². The van der Waals surface area contributed by atoms with Crippen LogP contribution in [0.3, 0.4) is 0 Å². The van der Waals surface area contributed by atoms with E-state index in [2.05, 4.69) is 22.4 Å². The number of carbonyl (C=O) groups excluding carboxylic acids is 2. The predicted octanol–water partition coefficient (Wildman–Crippen LogP) is 4.79. The number of nitrogens with one attached hydrogen (secondary N) is 2. The minimum absolute atomic E-state index is 0.0890. The first-order chi connectivity index (χ1) is 15.0. The number of aromatic hydroxyl groups is 1. The second-order valence-corrected chi connectivity index (χ2v) is 7.03. The maximum atomic E-state index is 12.4. The van der Waals surface area contributed by atoms with Crippen molar-refractivity contribution in [1.29, 1.82) is 0 Å². The number of carbonyl (C=O) groups is 2. The molecule has 0 fully saturated rings. The molecule has 0 spiro atoms. The standard InChI is InChI=1S/C24H20ClN3O3/c1-2-6-16-7-3-10-19(22(16)29)15-26-28-24(31)18-9-5-12-21(14-18)27-23(30)17-8-4-11-20(25)13-17/h2-5,7-15,29H,1,6H2,(H,27,30)(H,28,31). The number of phenolic OH excluding ortho intramolecular Hbond substituents is 1. The zero-order valence-corrected chi connectivity index (χ0v) is 17.3. The molecule has 0 saturated carbocycles. The number of hydrogen-bond donors (Lipinski definition) is 3. The lowest BCUT2D eigenvalue weighted by molar-refractivity contribution is 0.0953. The van der Waals surface area contributed by atoms with Crippen molar-refractivity contribution in [2.24, 2.45) is 5.10 Å². The van der Waals surface area contributed by atoms with Crippen molar-refractivity contribution in [2.75, 3.05) is 5.32 Å². The van der Waals surface area contributed by atoms with E-state index in [0.29, 0.717) is 39.4 Å². The SMILES string of the molecule is C=CCc1cccc(C=NNC(=O)c2cccc(NC(=O)c3cccc(Cl)c3)c2)c1O. The van der Waals surface area contributed by atoms with E-state index < -0.39 is 5.91 Å². The lowest BCUT2D eigenvalue weighted by Gasteiger charge is -2.07. The first kappa shape index (κ1) is 21.8. The zero-order chi connectivity index (χ0) is 22.2. The van der Waals surface area contributed by atoms with Crippen LogP contribution < -0.4 is 10.7 Å². The van der Waals surface area contributed by atoms with Gasteiger partial charge in [-0.15, -0.1) is 6.58 Å². The number of rotatable bonds is 7. The van der Waals surface area contributed by atoms with Gasteiger partial charge in [0.25, 0.3) is 11.8 Å². The van der Waals surface area contributed by atoms with E-state index >= 15 is 0 Å². The van der Waals surface area contributed by atoms with Gasteiger partial charge in [0, 0.05) is 27.4 Å². The topological polar surface area (TPSA) is 90.8 Å². The van der Waals surface area contributed by atoms with Gasteiger partial charge in [0.1, 0.15) is 5.75 Å². The Balaban J connectivity index is 1.66. The van der Waals surface area contributed by atoms with Crippen LogP contribution in [0.1, 0.15) is 31.8 Å². The summed E-state index contributed by atoms with van der Waals surface area (Å²) in [5.41, 5.74) is 4.78. The highest BCUT2D eigenvalue weighted by atomic mass is 35.5. The highest BCUT2D eigenvalue weighted by Crippen LogP contribution is 2.21. The Hall–Kier alpha value is -3.90. The maximum Gasteiger partial charge on any atom is 0.271 e. The minimum Gasteiger partial charge on any atom is -0.507 e. The van der Waals surface area contributed by atoms with Gasteiger partial charge in [-0.1, -0.05) is 41.9 Å². The van der Waals surface area contributed by atoms with E-state index in [9.17, 15) is 14.7 Å². The third-order valence-corrected chi connectivity index (χ3v) is 4.59. The van der Waals surface area contributed by atoms with E-state index in [4.69, 9.17) is 11.6 Å². The number of amides is 2. The summed E-state index contributed by atoms with van der Waals surface area (Å²) in [5, 5.41) is 17.3. The number of nitrogens with zero attached hydrogens (tertiary/aromatic N) is 1. The van der Waals surface area contributed by atoms with Gasteiger partial charge < -0.3 is 10.4 Å². The fourth-order valence-corrected chi connectivity index (χ4v) is 3.02. The van der Waals surface area contributed by atoms with E-state index in [1.165, 1.54) is 12.3 Å². The molecule has 3 aromatic rings. The molecular formula is C24H20ClN3O3. The molecule has 0 aliphatic heterocycles. The summed E-state index contributed by atoms with van der Waals surface area (Å²) in [4.78, 5) is 24.8. The molecule has 0 saturated heterocycles. The number of allylic oxidation sites excluding steroid dienone is 1. The van der Waals surface area contributed by atoms with Gasteiger partial charge in [0.2, 0.25) is 0 Å². The van der Waals surface area contributed by atoms with E-state index in [0.717, 1.165) is 0 Å². The molecule has 0 atom stereocenters. The molecule has 0 bridgehead atoms. The number of benzene rings is 3. The molecule has 0 heterocycles. The third-order valence-electron chi connectivity index (χ3n) is 4.35. The number of anilines is 1. The van der Waals surface area contributed by atoms with Crippen LogP contribution in [-0.4, -0.2) is 23.1 Å². The van der Waals surface area contributed by atoms with Gasteiger partial charge in [0.05, 0.1) is 6.21 Å². The maximum absolute atomic E-state index is 12.4. The lowest BCUT2D eigenvalue weighted by Crippen LogP contribution is -2.18. The summed E-state index contributed by atoms with van der Waals surface area (Å²) in [6, 6.07) is 18.3. The quantitative estimate of drug-likeness (QED) is 0.284. The first-order valence-electron chi connectivity index (χ1n) is 9.40. The Labute approximate surface area is 184 Å². The van der Waals surface area contributed by atoms with Crippen LogP contribution in [-0.2, 0) is 6.42 Å². The normalized spacial score (nSPS) is 10.6. The first-order valence-corrected chi connectivity index (χ1v) is 9.78. The second kappa shape index (κ2) is 10.2. The Morgan fingerprint density at radius 1 is 1.00 bits per heavy atom. The van der Waals surface area contributed by atoms with Crippen molar-refractivity contribution in [1.82, 2.24) is 5.43 Å². The molecule has 31 heavy (non-hydrogen) atoms. The predicted molar refractivity (Wildman–Crippen MR) is 123 cm³/mol. The smallest absolute Gasteiger partial charge is 0.271 e. The molecule has 7 heteroatoms. The molecule has 3 rings (SSSR count). The van der Waals surface area contributed by atoms with Crippen LogP contribution in [0, 0.1) is 0 Å². The number of halogens is 1. The van der Waals surface area contributed by atoms with Crippen molar-refractivity contribution in [3.05, 3.63) is 107 Å². The second-order valence-electron chi connectivity index (χ2n) is 6.59. The number of phenols is 1. The Kier molecular flexibility index (Phi) is 7.19. The van der Waals surface area contributed by atoms with Crippen LogP contribution >= 0.6 is 11.6 Å². The van der Waals surface area contributed by atoms with Crippen molar-refractivity contribution in [3.63, 3.8) is 0 Å². The van der Waals surface area contributed by atoms with Crippen LogP contribution in [0.25, 0.3) is 0 Å². The summed E-state index contributed by atoms with van der Waals surface area (Å²) in [5.74, 6) is -0.712. The lowest BCUT2D eigenvalue weighted by atomic mass is 10.1. The summed E-state index contributed by atoms with van der Waals surface area (Å²) >= 11 is 5.92. The van der Waals surface area contributed by atoms with Crippen molar-refractivity contribution >= 4 is 35.3 Å². The molecule has 156 valence electrons. The molecule has 3 aromatic carbocycles. The minimum atomic E-state index is -0.461. The Bertz CT molecular complexity index is 1160. The van der Waals surface area contributed by atoms with Crippen LogP contribution in [0.5, 0.6) is 5.75 Å². The Morgan fingerprint density at radius 3 is 2.45 bits per heavy atom. The highest BCUT2D eigenvalue weighted by molar-refractivity contribution is 6.31. The van der Waals surface area contributed by atoms with E-state index in [1.807, 2.05) is 0 Å². The summed E-state index contributed by atoms with van der Waals surface area (Å²) in [7, 11) is 0. The van der Waals surface area contributed by atoms with Crippen molar-refractivity contribution < 1.29 is 14.7 Å². The molecular weight excluding hydrogens is 414 g/mol. The average molecular weight is 434 g/mol. The summed E-state index contributed by atoms with van der Waals surface area (Å²) in [6.07, 6.45) is 3.58. The number of para-hydroxylation sites is 1. The van der Waals surface area contributed by atoms with Crippen LogP contribution in [0.2, 0.25) is 5.02 Å². The monoisotopic (exact) mass is 433 g/mol. The molecule has 6 nitrogen and oxygen atoms in total. The van der Waals surface area contributed by atoms with Crippen molar-refractivity contribution in [2.45, 2.75) is 6.42 Å². The molecule has 0 unspecified atom stereocenters. The molecule has 3 N–H and O–H groups in total. The number of hydrogen-bond acceptors (Lipinski definition) is 4. The zero-order valence-electron chi connectivity index (χ0n) is 16.5. The molecule has 0 aliphatic carbocycles. The van der Waals surface area contributed by atoms with E-state index in [1.54, 1.807) is 66.7 Å². The van der Waals surface area contributed by atoms with Gasteiger partial charge in [-0.25, -0.2) is 5.43 Å². The van der Waals surface area contributed by atoms with Gasteiger partial charge in [-0.2, -0.15) is 5.10 Å². The average Bonchev–Trinajstić information content (AvgIpc) is 2.76.